The second-order valence-corrected chi connectivity index (χ2v) is 5.19. The molecule has 1 atom stereocenters. The zero-order valence-electron chi connectivity index (χ0n) is 11.4. The molecule has 0 spiro atoms. The summed E-state index contributed by atoms with van der Waals surface area (Å²) in [6.45, 7) is 4.94. The van der Waals surface area contributed by atoms with Crippen molar-refractivity contribution in [3.05, 3.63) is 11.5 Å². The second-order valence-electron chi connectivity index (χ2n) is 4.28. The third-order valence-electron chi connectivity index (χ3n) is 2.73. The summed E-state index contributed by atoms with van der Waals surface area (Å²) in [6.07, 6.45) is 2.82. The van der Waals surface area contributed by atoms with Crippen LogP contribution in [-0.4, -0.2) is 34.6 Å². The normalized spacial score (nSPS) is 12.4. The van der Waals surface area contributed by atoms with E-state index in [0.29, 0.717) is 11.7 Å². The summed E-state index contributed by atoms with van der Waals surface area (Å²) in [5.74, 6) is 2.30. The van der Waals surface area contributed by atoms with Gasteiger partial charge in [-0.2, -0.15) is 11.8 Å². The number of hydrogen-bond donors (Lipinski definition) is 1. The van der Waals surface area contributed by atoms with Crippen LogP contribution >= 0.6 is 11.8 Å². The zero-order valence-corrected chi connectivity index (χ0v) is 12.2. The summed E-state index contributed by atoms with van der Waals surface area (Å²) in [5.41, 5.74) is 6.22. The summed E-state index contributed by atoms with van der Waals surface area (Å²) in [4.78, 5) is 15.8. The van der Waals surface area contributed by atoms with E-state index in [2.05, 4.69) is 22.9 Å². The van der Waals surface area contributed by atoms with Crippen molar-refractivity contribution >= 4 is 23.5 Å². The van der Waals surface area contributed by atoms with Crippen LogP contribution in [0.15, 0.2) is 0 Å². The van der Waals surface area contributed by atoms with Gasteiger partial charge in [-0.3, -0.25) is 0 Å². The van der Waals surface area contributed by atoms with Gasteiger partial charge in [0.15, 0.2) is 5.69 Å². The minimum Gasteiger partial charge on any atom is -0.464 e. The Bertz CT molecular complexity index is 418. The molecule has 1 aromatic heterocycles. The highest BCUT2D eigenvalue weighted by molar-refractivity contribution is 7.98. The van der Waals surface area contributed by atoms with Crippen LogP contribution in [0.25, 0.3) is 0 Å². The topological polar surface area (TPSA) is 70.1 Å². The lowest BCUT2D eigenvalue weighted by atomic mass is 10.2. The van der Waals surface area contributed by atoms with Crippen molar-refractivity contribution in [1.29, 1.82) is 0 Å². The van der Waals surface area contributed by atoms with Gasteiger partial charge in [0.2, 0.25) is 0 Å². The summed E-state index contributed by atoms with van der Waals surface area (Å²) < 4.78 is 6.61. The van der Waals surface area contributed by atoms with Crippen molar-refractivity contribution in [3.8, 4) is 0 Å². The first-order valence-corrected chi connectivity index (χ1v) is 7.36. The van der Waals surface area contributed by atoms with E-state index in [9.17, 15) is 4.79 Å². The van der Waals surface area contributed by atoms with Crippen molar-refractivity contribution in [2.45, 2.75) is 26.8 Å². The Kier molecular flexibility index (Phi) is 5.53. The molecule has 0 radical (unpaired) electrons. The molecule has 0 saturated heterocycles. The molecule has 1 unspecified atom stereocenters. The number of hydrogen-bond acceptors (Lipinski definition) is 5. The van der Waals surface area contributed by atoms with Gasteiger partial charge < -0.3 is 15.0 Å². The van der Waals surface area contributed by atoms with Gasteiger partial charge in [-0.15, -0.1) is 0 Å². The van der Waals surface area contributed by atoms with E-state index in [0.717, 1.165) is 24.5 Å². The van der Waals surface area contributed by atoms with Gasteiger partial charge in [0.25, 0.3) is 0 Å². The molecule has 18 heavy (non-hydrogen) atoms. The first-order chi connectivity index (χ1) is 8.54. The largest absolute Gasteiger partial charge is 0.464 e. The molecule has 2 N–H and O–H groups in total. The molecule has 0 bridgehead atoms. The summed E-state index contributed by atoms with van der Waals surface area (Å²) >= 11 is 1.80. The molecule has 0 aromatic carbocycles. The molecular formula is C12H21N3O2S. The fourth-order valence-electron chi connectivity index (χ4n) is 1.88. The molecule has 0 fully saturated rings. The van der Waals surface area contributed by atoms with Gasteiger partial charge in [-0.05, 0) is 17.9 Å². The standard InChI is InChI=1S/C12H21N3O2S/c1-5-9-14-10(12(16)17-3)11(13)15(9)6-8(2)7-18-4/h8H,5-7,13H2,1-4H3. The van der Waals surface area contributed by atoms with Gasteiger partial charge >= 0.3 is 5.97 Å². The monoisotopic (exact) mass is 271 g/mol. The van der Waals surface area contributed by atoms with Crippen LogP contribution in [0, 0.1) is 5.92 Å². The molecule has 6 heteroatoms. The van der Waals surface area contributed by atoms with E-state index in [1.165, 1.54) is 7.11 Å². The first-order valence-electron chi connectivity index (χ1n) is 5.97. The quantitative estimate of drug-likeness (QED) is 0.799. The highest BCUT2D eigenvalue weighted by Gasteiger charge is 2.21. The average molecular weight is 271 g/mol. The van der Waals surface area contributed by atoms with Crippen LogP contribution in [0.3, 0.4) is 0 Å². The predicted octanol–water partition coefficient (Wildman–Crippen LogP) is 1.81. The number of rotatable bonds is 6. The number of ether oxygens (including phenoxy) is 1. The Morgan fingerprint density at radius 1 is 1.61 bits per heavy atom. The molecule has 5 nitrogen and oxygen atoms in total. The maximum absolute atomic E-state index is 11.5. The van der Waals surface area contributed by atoms with Crippen LogP contribution in [0.5, 0.6) is 0 Å². The molecular weight excluding hydrogens is 250 g/mol. The van der Waals surface area contributed by atoms with Crippen LogP contribution in [-0.2, 0) is 17.7 Å². The van der Waals surface area contributed by atoms with E-state index in [-0.39, 0.29) is 5.69 Å². The Labute approximate surface area is 112 Å². The number of aryl methyl sites for hydroxylation is 1. The number of aromatic nitrogens is 2. The lowest BCUT2D eigenvalue weighted by Crippen LogP contribution is -2.15. The third kappa shape index (κ3) is 3.19. The number of methoxy groups -OCH3 is 1. The number of carbonyl (C=O) groups is 1. The number of anilines is 1. The summed E-state index contributed by atoms with van der Waals surface area (Å²) in [6, 6.07) is 0. The number of imidazole rings is 1. The minimum atomic E-state index is -0.474. The fourth-order valence-corrected chi connectivity index (χ4v) is 2.56. The second kappa shape index (κ2) is 6.68. The number of esters is 1. The van der Waals surface area contributed by atoms with E-state index in [1.54, 1.807) is 11.8 Å². The maximum atomic E-state index is 11.5. The third-order valence-corrected chi connectivity index (χ3v) is 3.63. The van der Waals surface area contributed by atoms with Gasteiger partial charge in [-0.25, -0.2) is 9.78 Å². The van der Waals surface area contributed by atoms with Crippen molar-refractivity contribution in [2.24, 2.45) is 5.92 Å². The molecule has 0 aliphatic heterocycles. The van der Waals surface area contributed by atoms with Crippen LogP contribution in [0.2, 0.25) is 0 Å². The molecule has 0 aliphatic carbocycles. The minimum absolute atomic E-state index is 0.228. The van der Waals surface area contributed by atoms with Crippen LogP contribution in [0.1, 0.15) is 30.2 Å². The number of nitrogens with two attached hydrogens (primary N) is 1. The number of nitrogen functional groups attached to an aromatic ring is 1. The number of thioether (sulfide) groups is 1. The lowest BCUT2D eigenvalue weighted by Gasteiger charge is -2.14. The summed E-state index contributed by atoms with van der Waals surface area (Å²) in [5, 5.41) is 0. The van der Waals surface area contributed by atoms with E-state index in [4.69, 9.17) is 5.73 Å². The van der Waals surface area contributed by atoms with Crippen LogP contribution in [0.4, 0.5) is 5.82 Å². The molecule has 1 heterocycles. The molecule has 102 valence electrons. The highest BCUT2D eigenvalue weighted by Crippen LogP contribution is 2.19. The summed E-state index contributed by atoms with van der Waals surface area (Å²) in [7, 11) is 1.34. The Morgan fingerprint density at radius 3 is 2.78 bits per heavy atom. The van der Waals surface area contributed by atoms with E-state index >= 15 is 0 Å². The first kappa shape index (κ1) is 14.9. The van der Waals surface area contributed by atoms with Gasteiger partial charge in [0.1, 0.15) is 11.6 Å². The SMILES string of the molecule is CCc1nc(C(=O)OC)c(N)n1CC(C)CSC. The lowest BCUT2D eigenvalue weighted by molar-refractivity contribution is 0.0595. The van der Waals surface area contributed by atoms with Crippen molar-refractivity contribution in [1.82, 2.24) is 9.55 Å². The van der Waals surface area contributed by atoms with E-state index < -0.39 is 5.97 Å². The Hall–Kier alpha value is -1.17. The predicted molar refractivity (Wildman–Crippen MR) is 74.9 cm³/mol. The van der Waals surface area contributed by atoms with Crippen LogP contribution < -0.4 is 5.73 Å². The van der Waals surface area contributed by atoms with E-state index in [1.807, 2.05) is 11.5 Å². The van der Waals surface area contributed by atoms with Crippen molar-refractivity contribution in [2.75, 3.05) is 24.9 Å². The highest BCUT2D eigenvalue weighted by atomic mass is 32.2. The number of carbonyl (C=O) groups excluding carboxylic acids is 1. The number of nitrogens with zero attached hydrogens (tertiary/aromatic N) is 2. The molecule has 0 aliphatic rings. The average Bonchev–Trinajstić information content (AvgIpc) is 2.66. The van der Waals surface area contributed by atoms with Crippen molar-refractivity contribution < 1.29 is 9.53 Å². The van der Waals surface area contributed by atoms with Gasteiger partial charge in [0, 0.05) is 13.0 Å². The smallest absolute Gasteiger partial charge is 0.360 e. The van der Waals surface area contributed by atoms with Gasteiger partial charge in [-0.1, -0.05) is 13.8 Å². The molecule has 1 aromatic rings. The Balaban J connectivity index is 3.02. The zero-order chi connectivity index (χ0) is 13.7. The molecule has 0 amide bonds. The Morgan fingerprint density at radius 2 is 2.28 bits per heavy atom. The molecule has 0 saturated carbocycles. The molecule has 1 rings (SSSR count). The maximum Gasteiger partial charge on any atom is 0.360 e. The fraction of sp³-hybridized carbons (Fsp3) is 0.667. The van der Waals surface area contributed by atoms with Gasteiger partial charge in [0.05, 0.1) is 7.11 Å². The van der Waals surface area contributed by atoms with Crippen molar-refractivity contribution in [3.63, 3.8) is 0 Å².